The zero-order valence-corrected chi connectivity index (χ0v) is 11.1. The van der Waals surface area contributed by atoms with Crippen molar-refractivity contribution in [2.24, 2.45) is 7.05 Å². The first-order chi connectivity index (χ1) is 8.00. The molecule has 0 aliphatic heterocycles. The van der Waals surface area contributed by atoms with Gasteiger partial charge in [0.05, 0.1) is 11.1 Å². The summed E-state index contributed by atoms with van der Waals surface area (Å²) in [5.41, 5.74) is 0.263. The molecule has 0 fully saturated rings. The lowest BCUT2D eigenvalue weighted by Crippen LogP contribution is -2.26. The van der Waals surface area contributed by atoms with Gasteiger partial charge < -0.3 is 10.1 Å². The molecule has 1 aromatic rings. The van der Waals surface area contributed by atoms with E-state index in [0.717, 1.165) is 6.42 Å². The number of aromatic nitrogens is 2. The molecule has 0 saturated heterocycles. The first kappa shape index (κ1) is 14.0. The number of halogens is 1. The zero-order chi connectivity index (χ0) is 12.8. The molecule has 0 bridgehead atoms. The van der Waals surface area contributed by atoms with Crippen LogP contribution in [0.2, 0.25) is 5.02 Å². The van der Waals surface area contributed by atoms with Crippen LogP contribution >= 0.6 is 11.6 Å². The Balaban J connectivity index is 2.28. The predicted octanol–water partition coefficient (Wildman–Crippen LogP) is 1.62. The van der Waals surface area contributed by atoms with E-state index in [1.807, 2.05) is 13.8 Å². The Labute approximate surface area is 106 Å². The standard InChI is InChI=1S/C11H18ClN3O2/c1-8(2)17-6-4-5-13-11(16)10-9(12)7-15(3)14-10/h7-8H,4-6H2,1-3H3,(H,13,16). The summed E-state index contributed by atoms with van der Waals surface area (Å²) >= 11 is 5.85. The van der Waals surface area contributed by atoms with Gasteiger partial charge in [0.2, 0.25) is 0 Å². The van der Waals surface area contributed by atoms with Gasteiger partial charge in [-0.25, -0.2) is 0 Å². The normalized spacial score (nSPS) is 10.9. The molecule has 0 aromatic carbocycles. The molecule has 0 radical (unpaired) electrons. The molecule has 1 N–H and O–H groups in total. The highest BCUT2D eigenvalue weighted by Crippen LogP contribution is 2.12. The van der Waals surface area contributed by atoms with Crippen LogP contribution in [0.4, 0.5) is 0 Å². The summed E-state index contributed by atoms with van der Waals surface area (Å²) in [6.07, 6.45) is 2.59. The van der Waals surface area contributed by atoms with Crippen molar-refractivity contribution in [2.75, 3.05) is 13.2 Å². The van der Waals surface area contributed by atoms with Crippen molar-refractivity contribution in [1.29, 1.82) is 0 Å². The quantitative estimate of drug-likeness (QED) is 0.790. The van der Waals surface area contributed by atoms with E-state index in [0.29, 0.717) is 18.2 Å². The number of ether oxygens (including phenoxy) is 1. The third-order valence-electron chi connectivity index (χ3n) is 2.06. The van der Waals surface area contributed by atoms with Gasteiger partial charge in [0, 0.05) is 26.4 Å². The third kappa shape index (κ3) is 4.75. The number of aryl methyl sites for hydroxylation is 1. The average molecular weight is 260 g/mol. The first-order valence-corrected chi connectivity index (χ1v) is 5.97. The highest BCUT2D eigenvalue weighted by molar-refractivity contribution is 6.33. The molecule has 6 heteroatoms. The molecule has 1 amide bonds. The van der Waals surface area contributed by atoms with Gasteiger partial charge in [0.15, 0.2) is 5.69 Å². The number of carbonyl (C=O) groups is 1. The lowest BCUT2D eigenvalue weighted by Gasteiger charge is -2.07. The Morgan fingerprint density at radius 3 is 2.88 bits per heavy atom. The minimum atomic E-state index is -0.250. The third-order valence-corrected chi connectivity index (χ3v) is 2.33. The van der Waals surface area contributed by atoms with Crippen molar-refractivity contribution in [2.45, 2.75) is 26.4 Å². The molecule has 1 rings (SSSR count). The SMILES string of the molecule is CC(C)OCCCNC(=O)c1nn(C)cc1Cl. The maximum absolute atomic E-state index is 11.7. The molecular weight excluding hydrogens is 242 g/mol. The van der Waals surface area contributed by atoms with Crippen molar-refractivity contribution in [3.63, 3.8) is 0 Å². The van der Waals surface area contributed by atoms with E-state index in [1.54, 1.807) is 13.2 Å². The van der Waals surface area contributed by atoms with E-state index in [1.165, 1.54) is 4.68 Å². The summed E-state index contributed by atoms with van der Waals surface area (Å²) in [4.78, 5) is 11.7. The van der Waals surface area contributed by atoms with Crippen LogP contribution in [-0.2, 0) is 11.8 Å². The topological polar surface area (TPSA) is 56.1 Å². The molecule has 0 saturated carbocycles. The number of hydrogen-bond donors (Lipinski definition) is 1. The van der Waals surface area contributed by atoms with Crippen molar-refractivity contribution in [3.05, 3.63) is 16.9 Å². The molecule has 0 aliphatic carbocycles. The maximum atomic E-state index is 11.7. The second-order valence-electron chi connectivity index (χ2n) is 4.03. The van der Waals surface area contributed by atoms with E-state index in [9.17, 15) is 4.79 Å². The molecule has 0 atom stereocenters. The second kappa shape index (κ2) is 6.61. The number of nitrogens with one attached hydrogen (secondary N) is 1. The molecular formula is C11H18ClN3O2. The molecule has 1 aromatic heterocycles. The van der Waals surface area contributed by atoms with E-state index >= 15 is 0 Å². The monoisotopic (exact) mass is 259 g/mol. The van der Waals surface area contributed by atoms with Gasteiger partial charge in [-0.3, -0.25) is 9.48 Å². The molecule has 17 heavy (non-hydrogen) atoms. The fourth-order valence-electron chi connectivity index (χ4n) is 1.29. The van der Waals surface area contributed by atoms with Crippen molar-refractivity contribution in [3.8, 4) is 0 Å². The van der Waals surface area contributed by atoms with E-state index in [4.69, 9.17) is 16.3 Å². The van der Waals surface area contributed by atoms with Gasteiger partial charge in [-0.1, -0.05) is 11.6 Å². The van der Waals surface area contributed by atoms with Gasteiger partial charge in [0.1, 0.15) is 0 Å². The van der Waals surface area contributed by atoms with Gasteiger partial charge in [-0.15, -0.1) is 0 Å². The minimum absolute atomic E-state index is 0.218. The van der Waals surface area contributed by atoms with Gasteiger partial charge in [-0.05, 0) is 20.3 Å². The number of hydrogen-bond acceptors (Lipinski definition) is 3. The molecule has 0 spiro atoms. The summed E-state index contributed by atoms with van der Waals surface area (Å²) in [5.74, 6) is -0.250. The molecule has 0 aliphatic rings. The number of rotatable bonds is 6. The van der Waals surface area contributed by atoms with Gasteiger partial charge >= 0.3 is 0 Å². The predicted molar refractivity (Wildman–Crippen MR) is 66.3 cm³/mol. The van der Waals surface area contributed by atoms with E-state index in [-0.39, 0.29) is 17.7 Å². The Kier molecular flexibility index (Phi) is 5.44. The largest absolute Gasteiger partial charge is 0.379 e. The summed E-state index contributed by atoms with van der Waals surface area (Å²) in [6, 6.07) is 0. The number of amides is 1. The average Bonchev–Trinajstić information content (AvgIpc) is 2.56. The van der Waals surface area contributed by atoms with E-state index in [2.05, 4.69) is 10.4 Å². The summed E-state index contributed by atoms with van der Waals surface area (Å²) in [5, 5.41) is 7.09. The fraction of sp³-hybridized carbons (Fsp3) is 0.636. The lowest BCUT2D eigenvalue weighted by atomic mass is 10.3. The van der Waals surface area contributed by atoms with Crippen LogP contribution in [-0.4, -0.2) is 34.9 Å². The van der Waals surface area contributed by atoms with E-state index < -0.39 is 0 Å². The maximum Gasteiger partial charge on any atom is 0.273 e. The first-order valence-electron chi connectivity index (χ1n) is 5.59. The Morgan fingerprint density at radius 1 is 1.65 bits per heavy atom. The molecule has 5 nitrogen and oxygen atoms in total. The minimum Gasteiger partial charge on any atom is -0.379 e. The van der Waals surface area contributed by atoms with Crippen molar-refractivity contribution in [1.82, 2.24) is 15.1 Å². The molecule has 96 valence electrons. The zero-order valence-electron chi connectivity index (χ0n) is 10.4. The van der Waals surface area contributed by atoms with Crippen molar-refractivity contribution >= 4 is 17.5 Å². The lowest BCUT2D eigenvalue weighted by molar-refractivity contribution is 0.0756. The highest BCUT2D eigenvalue weighted by atomic mass is 35.5. The van der Waals surface area contributed by atoms with Crippen LogP contribution in [0.3, 0.4) is 0 Å². The summed E-state index contributed by atoms with van der Waals surface area (Å²) in [7, 11) is 1.72. The summed E-state index contributed by atoms with van der Waals surface area (Å²) in [6.45, 7) is 5.14. The smallest absolute Gasteiger partial charge is 0.273 e. The van der Waals surface area contributed by atoms with Crippen molar-refractivity contribution < 1.29 is 9.53 Å². The van der Waals surface area contributed by atoms with Crippen LogP contribution in [0.5, 0.6) is 0 Å². The van der Waals surface area contributed by atoms with Crippen LogP contribution in [0.1, 0.15) is 30.8 Å². The van der Waals surface area contributed by atoms with Gasteiger partial charge in [-0.2, -0.15) is 5.10 Å². The number of nitrogens with zero attached hydrogens (tertiary/aromatic N) is 2. The second-order valence-corrected chi connectivity index (χ2v) is 4.44. The Morgan fingerprint density at radius 2 is 2.35 bits per heavy atom. The number of carbonyl (C=O) groups excluding carboxylic acids is 1. The van der Waals surface area contributed by atoms with Crippen LogP contribution < -0.4 is 5.32 Å². The van der Waals surface area contributed by atoms with Crippen LogP contribution in [0, 0.1) is 0 Å². The van der Waals surface area contributed by atoms with Gasteiger partial charge in [0.25, 0.3) is 5.91 Å². The fourth-order valence-corrected chi connectivity index (χ4v) is 1.56. The molecule has 1 heterocycles. The Bertz CT molecular complexity index is 377. The highest BCUT2D eigenvalue weighted by Gasteiger charge is 2.13. The Hall–Kier alpha value is -1.07. The van der Waals surface area contributed by atoms with Crippen LogP contribution in [0.15, 0.2) is 6.20 Å². The van der Waals surface area contributed by atoms with Crippen LogP contribution in [0.25, 0.3) is 0 Å². The summed E-state index contributed by atoms with van der Waals surface area (Å²) < 4.78 is 6.87. The molecule has 0 unspecified atom stereocenters.